The first kappa shape index (κ1) is 23.4. The molecule has 1 aromatic heterocycles. The monoisotopic (exact) mass is 465 g/mol. The van der Waals surface area contributed by atoms with E-state index in [1.165, 1.54) is 35.1 Å². The van der Waals surface area contributed by atoms with Crippen LogP contribution in [-0.2, 0) is 27.8 Å². The van der Waals surface area contributed by atoms with Gasteiger partial charge in [0.1, 0.15) is 5.82 Å². The molecule has 2 aromatic rings. The number of sulfonamides is 1. The van der Waals surface area contributed by atoms with Gasteiger partial charge in [0, 0.05) is 45.1 Å². The molecule has 1 aliphatic heterocycles. The summed E-state index contributed by atoms with van der Waals surface area (Å²) >= 11 is 1.29. The fraction of sp³-hybridized carbons (Fsp3) is 0.500. The van der Waals surface area contributed by atoms with Gasteiger partial charge < -0.3 is 9.88 Å². The quantitative estimate of drug-likeness (QED) is 0.420. The van der Waals surface area contributed by atoms with Crippen LogP contribution < -0.4 is 5.32 Å². The Morgan fingerprint density at radius 3 is 2.42 bits per heavy atom. The number of amides is 1. The lowest BCUT2D eigenvalue weighted by Crippen LogP contribution is -2.27. The number of benzene rings is 1. The second-order valence-corrected chi connectivity index (χ2v) is 10.1. The summed E-state index contributed by atoms with van der Waals surface area (Å²) in [7, 11) is -3.49. The molecule has 0 spiro atoms. The maximum Gasteiger partial charge on any atom is 0.243 e. The smallest absolute Gasteiger partial charge is 0.243 e. The third kappa shape index (κ3) is 5.72. The fourth-order valence-electron chi connectivity index (χ4n) is 3.38. The Morgan fingerprint density at radius 1 is 1.13 bits per heavy atom. The van der Waals surface area contributed by atoms with Gasteiger partial charge in [-0.05, 0) is 31.9 Å². The van der Waals surface area contributed by atoms with Crippen LogP contribution in [0.3, 0.4) is 0 Å². The summed E-state index contributed by atoms with van der Waals surface area (Å²) < 4.78 is 28.6. The number of thioether (sulfide) groups is 1. The van der Waals surface area contributed by atoms with E-state index in [0.29, 0.717) is 43.3 Å². The van der Waals surface area contributed by atoms with Crippen molar-refractivity contribution in [3.63, 3.8) is 0 Å². The van der Waals surface area contributed by atoms with E-state index in [-0.39, 0.29) is 22.3 Å². The lowest BCUT2D eigenvalue weighted by atomic mass is 10.1. The molecule has 0 unspecified atom stereocenters. The van der Waals surface area contributed by atoms with E-state index >= 15 is 0 Å². The van der Waals surface area contributed by atoms with Crippen LogP contribution in [0.5, 0.6) is 0 Å². The molecule has 0 aliphatic carbocycles. The Labute approximate surface area is 186 Å². The predicted molar refractivity (Wildman–Crippen MR) is 118 cm³/mol. The minimum atomic E-state index is -3.49. The van der Waals surface area contributed by atoms with Gasteiger partial charge in [0.2, 0.25) is 15.9 Å². The number of ketones is 1. The molecule has 2 heterocycles. The normalized spacial score (nSPS) is 14.6. The molecule has 3 rings (SSSR count). The molecule has 1 amide bonds. The number of nitrogens with one attached hydrogen (secondary N) is 1. The fourth-order valence-corrected chi connectivity index (χ4v) is 5.82. The molecule has 1 aliphatic rings. The zero-order valence-electron chi connectivity index (χ0n) is 17.7. The van der Waals surface area contributed by atoms with E-state index in [1.54, 1.807) is 12.1 Å². The molecule has 1 N–H and O–H groups in total. The summed E-state index contributed by atoms with van der Waals surface area (Å²) in [5, 5.41) is 11.7. The first-order chi connectivity index (χ1) is 14.8. The molecule has 1 fully saturated rings. The third-order valence-corrected chi connectivity index (χ3v) is 7.92. The number of carbonyl (C=O) groups is 2. The summed E-state index contributed by atoms with van der Waals surface area (Å²) in [4.78, 5) is 23.8. The van der Waals surface area contributed by atoms with Crippen molar-refractivity contribution >= 4 is 33.5 Å². The molecule has 0 saturated carbocycles. The predicted octanol–water partition coefficient (Wildman–Crippen LogP) is 1.74. The van der Waals surface area contributed by atoms with E-state index in [2.05, 4.69) is 15.5 Å². The minimum absolute atomic E-state index is 0.0954. The van der Waals surface area contributed by atoms with Crippen molar-refractivity contribution in [2.45, 2.75) is 49.7 Å². The highest BCUT2D eigenvalue weighted by molar-refractivity contribution is 7.99. The average Bonchev–Trinajstić information content (AvgIpc) is 3.42. The number of carbonyl (C=O) groups excluding carboxylic acids is 2. The summed E-state index contributed by atoms with van der Waals surface area (Å²) in [5.41, 5.74) is 0.460. The van der Waals surface area contributed by atoms with Gasteiger partial charge in [-0.25, -0.2) is 8.42 Å². The summed E-state index contributed by atoms with van der Waals surface area (Å²) in [5.74, 6) is 0.715. The second-order valence-electron chi connectivity index (χ2n) is 7.22. The average molecular weight is 466 g/mol. The van der Waals surface area contributed by atoms with Crippen molar-refractivity contribution in [2.24, 2.45) is 0 Å². The van der Waals surface area contributed by atoms with Crippen molar-refractivity contribution in [1.82, 2.24) is 24.4 Å². The standard InChI is InChI=1S/C20H27N5O4S2/c1-3-25-19(10-11-21-15(2)26)22-23-20(25)30-14-18(27)16-6-8-17(9-7-16)31(28,29)24-12-4-5-13-24/h6-9H,3-5,10-14H2,1-2H3,(H,21,26). The number of hydrogen-bond acceptors (Lipinski definition) is 7. The van der Waals surface area contributed by atoms with Gasteiger partial charge in [-0.1, -0.05) is 23.9 Å². The molecule has 9 nitrogen and oxygen atoms in total. The number of Topliss-reactive ketones (excluding diaryl/α,β-unsaturated/α-hetero) is 1. The Bertz CT molecular complexity index is 1030. The zero-order chi connectivity index (χ0) is 22.4. The maximum absolute atomic E-state index is 12.6. The summed E-state index contributed by atoms with van der Waals surface area (Å²) in [6.07, 6.45) is 2.32. The second kappa shape index (κ2) is 10.4. The number of aromatic nitrogens is 3. The highest BCUT2D eigenvalue weighted by atomic mass is 32.2. The Balaban J connectivity index is 1.61. The van der Waals surface area contributed by atoms with Crippen molar-refractivity contribution in [3.8, 4) is 0 Å². The van der Waals surface area contributed by atoms with Gasteiger partial charge in [0.25, 0.3) is 0 Å². The van der Waals surface area contributed by atoms with Crippen LogP contribution >= 0.6 is 11.8 Å². The van der Waals surface area contributed by atoms with Crippen LogP contribution in [0.1, 0.15) is 42.9 Å². The van der Waals surface area contributed by atoms with E-state index < -0.39 is 10.0 Å². The third-order valence-electron chi connectivity index (χ3n) is 5.04. The lowest BCUT2D eigenvalue weighted by molar-refractivity contribution is -0.118. The van der Waals surface area contributed by atoms with Gasteiger partial charge in [-0.3, -0.25) is 9.59 Å². The zero-order valence-corrected chi connectivity index (χ0v) is 19.3. The van der Waals surface area contributed by atoms with Crippen LogP contribution in [0, 0.1) is 0 Å². The van der Waals surface area contributed by atoms with E-state index in [4.69, 9.17) is 0 Å². The number of hydrogen-bond donors (Lipinski definition) is 1. The first-order valence-electron chi connectivity index (χ1n) is 10.3. The van der Waals surface area contributed by atoms with Gasteiger partial charge in [-0.15, -0.1) is 10.2 Å². The molecule has 1 aromatic carbocycles. The van der Waals surface area contributed by atoms with Crippen LogP contribution in [0.15, 0.2) is 34.3 Å². The number of rotatable bonds is 10. The summed E-state index contributed by atoms with van der Waals surface area (Å²) in [6.45, 7) is 5.66. The Morgan fingerprint density at radius 2 is 1.81 bits per heavy atom. The van der Waals surface area contributed by atoms with Crippen molar-refractivity contribution < 1.29 is 18.0 Å². The van der Waals surface area contributed by atoms with Crippen molar-refractivity contribution in [1.29, 1.82) is 0 Å². The van der Waals surface area contributed by atoms with Crippen LogP contribution in [0.25, 0.3) is 0 Å². The maximum atomic E-state index is 12.6. The van der Waals surface area contributed by atoms with Crippen LogP contribution in [-0.4, -0.2) is 64.6 Å². The molecular formula is C20H27N5O4S2. The van der Waals surface area contributed by atoms with Gasteiger partial charge in [0.15, 0.2) is 10.9 Å². The van der Waals surface area contributed by atoms with Crippen molar-refractivity contribution in [3.05, 3.63) is 35.7 Å². The molecule has 1 saturated heterocycles. The Hall–Kier alpha value is -2.24. The van der Waals surface area contributed by atoms with E-state index in [1.807, 2.05) is 11.5 Å². The van der Waals surface area contributed by atoms with Crippen LogP contribution in [0.4, 0.5) is 0 Å². The van der Waals surface area contributed by atoms with Crippen LogP contribution in [0.2, 0.25) is 0 Å². The summed E-state index contributed by atoms with van der Waals surface area (Å²) in [6, 6.07) is 6.13. The molecule has 0 radical (unpaired) electrons. The van der Waals surface area contributed by atoms with E-state index in [0.717, 1.165) is 18.7 Å². The highest BCUT2D eigenvalue weighted by Gasteiger charge is 2.27. The lowest BCUT2D eigenvalue weighted by Gasteiger charge is -2.15. The SMILES string of the molecule is CCn1c(CCNC(C)=O)nnc1SCC(=O)c1ccc(S(=O)(=O)N2CCCC2)cc1. The molecule has 31 heavy (non-hydrogen) atoms. The molecular weight excluding hydrogens is 438 g/mol. The first-order valence-corrected chi connectivity index (χ1v) is 12.7. The largest absolute Gasteiger partial charge is 0.356 e. The molecule has 0 atom stereocenters. The molecule has 168 valence electrons. The van der Waals surface area contributed by atoms with Gasteiger partial charge >= 0.3 is 0 Å². The Kier molecular flexibility index (Phi) is 7.84. The minimum Gasteiger partial charge on any atom is -0.356 e. The molecule has 0 bridgehead atoms. The van der Waals surface area contributed by atoms with Crippen molar-refractivity contribution in [2.75, 3.05) is 25.4 Å². The highest BCUT2D eigenvalue weighted by Crippen LogP contribution is 2.23. The van der Waals surface area contributed by atoms with Gasteiger partial charge in [-0.2, -0.15) is 4.31 Å². The van der Waals surface area contributed by atoms with E-state index in [9.17, 15) is 18.0 Å². The topological polar surface area (TPSA) is 114 Å². The number of nitrogens with zero attached hydrogens (tertiary/aromatic N) is 4. The molecule has 11 heteroatoms. The van der Waals surface area contributed by atoms with Gasteiger partial charge in [0.05, 0.1) is 10.6 Å².